The summed E-state index contributed by atoms with van der Waals surface area (Å²) in [5.74, 6) is -0.539. The summed E-state index contributed by atoms with van der Waals surface area (Å²) in [7, 11) is 0. The predicted octanol–water partition coefficient (Wildman–Crippen LogP) is 8.27. The zero-order valence-corrected chi connectivity index (χ0v) is 34.1. The minimum Gasteiger partial charge on any atom is -0.503 e. The molecule has 266 valence electrons. The second kappa shape index (κ2) is 17.3. The van der Waals surface area contributed by atoms with E-state index in [1.807, 2.05) is 12.1 Å². The van der Waals surface area contributed by atoms with Crippen LogP contribution in [0.1, 0.15) is 22.3 Å². The first kappa shape index (κ1) is 38.6. The second-order valence-electron chi connectivity index (χ2n) is 11.2. The average Bonchev–Trinajstić information content (AvgIpc) is 3.08. The number of hydrogen-bond donors (Lipinski definition) is 6. The van der Waals surface area contributed by atoms with Crippen LogP contribution >= 0.6 is 79.6 Å². The Bertz CT molecular complexity index is 2050. The molecule has 4 heterocycles. The maximum Gasteiger partial charge on any atom is 0.269 e. The maximum absolute atomic E-state index is 13.0. The first-order valence-corrected chi connectivity index (χ1v) is 19.0. The zero-order valence-electron chi connectivity index (χ0n) is 26.1. The van der Waals surface area contributed by atoms with Crippen molar-refractivity contribution >= 4 is 103 Å². The summed E-state index contributed by atoms with van der Waals surface area (Å²) in [6, 6.07) is 15.0. The molecular formula is C34H27Br5N4O8. The van der Waals surface area contributed by atoms with Crippen LogP contribution in [0.15, 0.2) is 87.3 Å². The molecule has 4 aliphatic rings. The van der Waals surface area contributed by atoms with Gasteiger partial charge in [-0.15, -0.1) is 0 Å². The number of hydrogen-bond acceptors (Lipinski definition) is 10. The molecule has 6 N–H and O–H groups in total. The lowest BCUT2D eigenvalue weighted by Gasteiger charge is -2.16. The number of nitrogens with zero attached hydrogens (tertiary/aromatic N) is 2. The molecule has 0 fully saturated rings. The number of ether oxygens (including phenoxy) is 2. The van der Waals surface area contributed by atoms with Gasteiger partial charge < -0.3 is 40.7 Å². The van der Waals surface area contributed by atoms with Crippen molar-refractivity contribution < 1.29 is 39.7 Å². The van der Waals surface area contributed by atoms with E-state index >= 15 is 0 Å². The molecule has 8 rings (SSSR count). The smallest absolute Gasteiger partial charge is 0.269 e. The summed E-state index contributed by atoms with van der Waals surface area (Å²) in [6.45, 7) is 0.403. The molecule has 12 nitrogen and oxygen atoms in total. The van der Waals surface area contributed by atoms with Crippen LogP contribution in [0.25, 0.3) is 0 Å². The SMILES string of the molecule is O=C1NCCc2cc(Br)c(c(Br)c2)Oc2cc(cc(Br)c2O)CCNC(=O)/C(=N/O)Cc2ccc(c(Br)c2)Oc2cc(cc(Br)c2O)C/C1=N/O. The summed E-state index contributed by atoms with van der Waals surface area (Å²) in [5.41, 5.74) is 2.40. The van der Waals surface area contributed by atoms with Crippen LogP contribution in [-0.4, -0.2) is 57.0 Å². The molecule has 2 amide bonds. The van der Waals surface area contributed by atoms with Crippen LogP contribution < -0.4 is 20.1 Å². The van der Waals surface area contributed by atoms with Gasteiger partial charge in [-0.25, -0.2) is 0 Å². The van der Waals surface area contributed by atoms with Crippen LogP contribution in [0.2, 0.25) is 0 Å². The quantitative estimate of drug-likeness (QED) is 0.0752. The van der Waals surface area contributed by atoms with Crippen molar-refractivity contribution in [1.29, 1.82) is 0 Å². The Hall–Kier alpha value is -3.64. The highest BCUT2D eigenvalue weighted by molar-refractivity contribution is 9.11. The number of oxime groups is 2. The number of nitrogens with one attached hydrogen (secondary N) is 2. The highest BCUT2D eigenvalue weighted by Gasteiger charge is 2.20. The fourth-order valence-electron chi connectivity index (χ4n) is 5.03. The van der Waals surface area contributed by atoms with Gasteiger partial charge in [-0.05, 0) is 163 Å². The third-order valence-corrected chi connectivity index (χ3v) is 10.6. The fraction of sp³-hybridized carbons (Fsp3) is 0.176. The molecule has 4 aliphatic heterocycles. The van der Waals surface area contributed by atoms with Crippen LogP contribution in [0.4, 0.5) is 0 Å². The molecule has 0 radical (unpaired) electrons. The third-order valence-electron chi connectivity index (χ3n) is 7.57. The minimum atomic E-state index is -0.589. The Morgan fingerprint density at radius 2 is 1.00 bits per heavy atom. The standard InChI is InChI=1S/C34H27Br5N4O8/c35-20-7-16-1-2-27(20)50-28-15-19(11-22(37)30(28)44)13-26(43-49)34(47)40-5-3-17-9-23(38)32(24(39)10-17)51-29-14-18(8-21(36)31(29)45)4-6-41-33(46)25(12-16)42-48/h1-2,7-11,14-15,44-45,48-49H,3-6,12-13H2,(H,40,47)(H,41,46)/b42-25+,43-26-. The lowest BCUT2D eigenvalue weighted by atomic mass is 10.1. The van der Waals surface area contributed by atoms with E-state index in [1.165, 1.54) is 6.07 Å². The Kier molecular flexibility index (Phi) is 13.1. The van der Waals surface area contributed by atoms with Crippen LogP contribution in [-0.2, 0) is 35.3 Å². The topological polar surface area (TPSA) is 182 Å². The lowest BCUT2D eigenvalue weighted by Crippen LogP contribution is -2.33. The maximum atomic E-state index is 13.0. The van der Waals surface area contributed by atoms with Crippen molar-refractivity contribution in [2.45, 2.75) is 25.7 Å². The van der Waals surface area contributed by atoms with Crippen molar-refractivity contribution in [2.24, 2.45) is 10.3 Å². The molecule has 0 aromatic heterocycles. The number of halogens is 5. The molecule has 0 spiro atoms. The molecule has 0 saturated heterocycles. The van der Waals surface area contributed by atoms with Crippen molar-refractivity contribution in [3.63, 3.8) is 0 Å². The number of carbonyl (C=O) groups is 2. The summed E-state index contributed by atoms with van der Waals surface area (Å²) in [5, 5.41) is 52.8. The first-order chi connectivity index (χ1) is 24.4. The monoisotopic (exact) mass is 1010 g/mol. The van der Waals surface area contributed by atoms with Gasteiger partial charge in [0.25, 0.3) is 11.8 Å². The van der Waals surface area contributed by atoms with E-state index in [1.54, 1.807) is 36.4 Å². The van der Waals surface area contributed by atoms with E-state index in [0.717, 1.165) is 11.1 Å². The molecule has 4 aromatic rings. The number of aromatic hydroxyl groups is 2. The first-order valence-electron chi connectivity index (χ1n) is 15.0. The van der Waals surface area contributed by atoms with Crippen LogP contribution in [0, 0.1) is 0 Å². The molecule has 0 atom stereocenters. The molecule has 51 heavy (non-hydrogen) atoms. The molecule has 0 unspecified atom stereocenters. The van der Waals surface area contributed by atoms with E-state index in [2.05, 4.69) is 101 Å². The number of amides is 2. The molecule has 8 bridgehead atoms. The van der Waals surface area contributed by atoms with E-state index < -0.39 is 11.8 Å². The zero-order chi connectivity index (χ0) is 36.8. The van der Waals surface area contributed by atoms with E-state index in [-0.39, 0.29) is 64.8 Å². The number of phenolic OH excluding ortho intramolecular Hbond substituents is 2. The van der Waals surface area contributed by atoms with Crippen LogP contribution in [0.3, 0.4) is 0 Å². The average molecular weight is 1020 g/mol. The van der Waals surface area contributed by atoms with Gasteiger partial charge in [-0.1, -0.05) is 16.4 Å². The second-order valence-corrected chi connectivity index (χ2v) is 15.4. The summed E-state index contributed by atoms with van der Waals surface area (Å²) < 4.78 is 14.4. The van der Waals surface area contributed by atoms with Gasteiger partial charge >= 0.3 is 0 Å². The molecular weight excluding hydrogens is 992 g/mol. The minimum absolute atomic E-state index is 0.00980. The van der Waals surface area contributed by atoms with Crippen molar-refractivity contribution in [1.82, 2.24) is 10.6 Å². The van der Waals surface area contributed by atoms with Gasteiger partial charge in [-0.2, -0.15) is 0 Å². The molecule has 17 heteroatoms. The van der Waals surface area contributed by atoms with Crippen molar-refractivity contribution in [3.8, 4) is 34.5 Å². The fourth-order valence-corrected chi connectivity index (χ4v) is 7.96. The number of carbonyl (C=O) groups excluding carboxylic acids is 2. The van der Waals surface area contributed by atoms with Gasteiger partial charge in [0.1, 0.15) is 17.2 Å². The van der Waals surface area contributed by atoms with Gasteiger partial charge in [0.15, 0.2) is 28.7 Å². The van der Waals surface area contributed by atoms with E-state index in [9.17, 15) is 30.2 Å². The summed E-state index contributed by atoms with van der Waals surface area (Å²) >= 11 is 17.2. The summed E-state index contributed by atoms with van der Waals surface area (Å²) in [4.78, 5) is 26.0. The summed E-state index contributed by atoms with van der Waals surface area (Å²) in [6.07, 6.45) is 0.677. The highest BCUT2D eigenvalue weighted by Crippen LogP contribution is 2.44. The third kappa shape index (κ3) is 9.62. The lowest BCUT2D eigenvalue weighted by molar-refractivity contribution is -0.115. The number of benzene rings is 4. The highest BCUT2D eigenvalue weighted by atomic mass is 79.9. The van der Waals surface area contributed by atoms with Gasteiger partial charge in [0, 0.05) is 25.9 Å². The Morgan fingerprint density at radius 1 is 0.549 bits per heavy atom. The van der Waals surface area contributed by atoms with Crippen molar-refractivity contribution in [2.75, 3.05) is 13.1 Å². The number of rotatable bonds is 0. The van der Waals surface area contributed by atoms with Gasteiger partial charge in [0.2, 0.25) is 0 Å². The van der Waals surface area contributed by atoms with E-state index in [0.29, 0.717) is 53.4 Å². The predicted molar refractivity (Wildman–Crippen MR) is 207 cm³/mol. The Morgan fingerprint density at radius 3 is 1.55 bits per heavy atom. The normalized spacial score (nSPS) is 16.2. The Labute approximate surface area is 333 Å². The van der Waals surface area contributed by atoms with Gasteiger partial charge in [-0.3, -0.25) is 9.59 Å². The Balaban J connectivity index is 1.47. The molecule has 0 aliphatic carbocycles. The largest absolute Gasteiger partial charge is 0.503 e. The van der Waals surface area contributed by atoms with Crippen LogP contribution in [0.5, 0.6) is 34.5 Å². The molecule has 0 saturated carbocycles. The number of phenols is 2. The van der Waals surface area contributed by atoms with Gasteiger partial charge in [0.05, 0.1) is 22.4 Å². The van der Waals surface area contributed by atoms with E-state index in [4.69, 9.17) is 9.47 Å². The van der Waals surface area contributed by atoms with Crippen molar-refractivity contribution in [3.05, 3.63) is 99.2 Å². The molecule has 4 aromatic carbocycles.